The van der Waals surface area contributed by atoms with E-state index in [1.807, 2.05) is 0 Å². The molecule has 0 bridgehead atoms. The average Bonchev–Trinajstić information content (AvgIpc) is 2.10. The largest absolute Gasteiger partial charge is 0.301 e. The fraction of sp³-hybridized carbons (Fsp3) is 1.00. The van der Waals surface area contributed by atoms with E-state index in [1.54, 1.807) is 0 Å². The molecule has 86 valence electrons. The van der Waals surface area contributed by atoms with Gasteiger partial charge in [-0.05, 0) is 39.3 Å². The van der Waals surface area contributed by atoms with Crippen molar-refractivity contribution in [1.29, 1.82) is 0 Å². The van der Waals surface area contributed by atoms with Gasteiger partial charge in [-0.2, -0.15) is 0 Å². The maximum absolute atomic E-state index is 2.55. The maximum atomic E-state index is 2.55. The van der Waals surface area contributed by atoms with Gasteiger partial charge in [-0.1, -0.05) is 40.0 Å². The van der Waals surface area contributed by atoms with Gasteiger partial charge in [0.25, 0.3) is 0 Å². The summed E-state index contributed by atoms with van der Waals surface area (Å²) in [6.45, 7) is 13.9. The predicted octanol–water partition coefficient (Wildman–Crippen LogP) is 3.93. The van der Waals surface area contributed by atoms with Crippen molar-refractivity contribution in [2.24, 2.45) is 5.92 Å². The van der Waals surface area contributed by atoms with Gasteiger partial charge in [-0.15, -0.1) is 0 Å². The van der Waals surface area contributed by atoms with Crippen LogP contribution in [0.2, 0.25) is 0 Å². The molecule has 1 nitrogen and oxygen atoms in total. The molecule has 0 heterocycles. The van der Waals surface area contributed by atoms with E-state index in [-0.39, 0.29) is 0 Å². The Morgan fingerprint density at radius 3 is 2.00 bits per heavy atom. The van der Waals surface area contributed by atoms with Crippen LogP contribution in [0.25, 0.3) is 0 Å². The zero-order chi connectivity index (χ0) is 11.0. The third kappa shape index (κ3) is 7.37. The summed E-state index contributed by atoms with van der Waals surface area (Å²) < 4.78 is 0. The molecule has 0 aliphatic heterocycles. The Morgan fingerprint density at radius 2 is 1.57 bits per heavy atom. The molecule has 0 N–H and O–H groups in total. The number of hydrogen-bond acceptors (Lipinski definition) is 1. The normalized spacial score (nSPS) is 12.0. The molecule has 0 atom stereocenters. The zero-order valence-electron chi connectivity index (χ0n) is 10.8. The molecule has 0 aromatic rings. The summed E-state index contributed by atoms with van der Waals surface area (Å²) in [6.07, 6.45) is 5.58. The van der Waals surface area contributed by atoms with Crippen molar-refractivity contribution >= 4 is 0 Å². The van der Waals surface area contributed by atoms with E-state index in [2.05, 4.69) is 39.5 Å². The SMILES string of the molecule is CCN(CCCCCC(C)C)C(C)C. The van der Waals surface area contributed by atoms with Crippen LogP contribution >= 0.6 is 0 Å². The molecule has 0 spiro atoms. The first-order valence-corrected chi connectivity index (χ1v) is 6.32. The molecule has 0 aromatic carbocycles. The number of rotatable bonds is 8. The smallest absolute Gasteiger partial charge is 0.00384 e. The van der Waals surface area contributed by atoms with Gasteiger partial charge in [-0.25, -0.2) is 0 Å². The van der Waals surface area contributed by atoms with Crippen LogP contribution in [0.5, 0.6) is 0 Å². The molecule has 0 saturated heterocycles. The first kappa shape index (κ1) is 14.0. The van der Waals surface area contributed by atoms with Crippen LogP contribution in [0.15, 0.2) is 0 Å². The van der Waals surface area contributed by atoms with E-state index in [1.165, 1.54) is 38.8 Å². The monoisotopic (exact) mass is 199 g/mol. The highest BCUT2D eigenvalue weighted by Gasteiger charge is 2.05. The van der Waals surface area contributed by atoms with Crippen LogP contribution in [0.1, 0.15) is 60.3 Å². The summed E-state index contributed by atoms with van der Waals surface area (Å²) in [7, 11) is 0. The Hall–Kier alpha value is -0.0400. The van der Waals surface area contributed by atoms with Crippen molar-refractivity contribution in [2.75, 3.05) is 13.1 Å². The summed E-state index contributed by atoms with van der Waals surface area (Å²) in [5.41, 5.74) is 0. The van der Waals surface area contributed by atoms with Gasteiger partial charge in [0.2, 0.25) is 0 Å². The van der Waals surface area contributed by atoms with E-state index < -0.39 is 0 Å². The van der Waals surface area contributed by atoms with Crippen LogP contribution in [-0.4, -0.2) is 24.0 Å². The Morgan fingerprint density at radius 1 is 0.929 bits per heavy atom. The first-order valence-electron chi connectivity index (χ1n) is 6.32. The van der Waals surface area contributed by atoms with Crippen LogP contribution < -0.4 is 0 Å². The molecule has 0 saturated carbocycles. The van der Waals surface area contributed by atoms with E-state index in [0.29, 0.717) is 6.04 Å². The third-order valence-corrected chi connectivity index (χ3v) is 2.86. The standard InChI is InChI=1S/C13H29N/c1-6-14(13(4)5)11-9-7-8-10-12(2)3/h12-13H,6-11H2,1-5H3. The number of nitrogens with zero attached hydrogens (tertiary/aromatic N) is 1. The molecule has 0 rings (SSSR count). The Kier molecular flexibility index (Phi) is 8.26. The molecule has 0 aliphatic carbocycles. The van der Waals surface area contributed by atoms with Crippen LogP contribution in [-0.2, 0) is 0 Å². The van der Waals surface area contributed by atoms with Gasteiger partial charge in [0.05, 0.1) is 0 Å². The second-order valence-electron chi connectivity index (χ2n) is 4.97. The quantitative estimate of drug-likeness (QED) is 0.535. The third-order valence-electron chi connectivity index (χ3n) is 2.86. The first-order chi connectivity index (χ1) is 6.57. The van der Waals surface area contributed by atoms with Crippen molar-refractivity contribution in [3.8, 4) is 0 Å². The van der Waals surface area contributed by atoms with E-state index in [0.717, 1.165) is 5.92 Å². The second-order valence-corrected chi connectivity index (χ2v) is 4.97. The lowest BCUT2D eigenvalue weighted by Crippen LogP contribution is -2.31. The van der Waals surface area contributed by atoms with Gasteiger partial charge < -0.3 is 4.90 Å². The molecule has 0 fully saturated rings. The topological polar surface area (TPSA) is 3.24 Å². The van der Waals surface area contributed by atoms with Crippen molar-refractivity contribution in [3.05, 3.63) is 0 Å². The van der Waals surface area contributed by atoms with Gasteiger partial charge in [0.1, 0.15) is 0 Å². The number of unbranched alkanes of at least 4 members (excludes halogenated alkanes) is 2. The molecular weight excluding hydrogens is 170 g/mol. The van der Waals surface area contributed by atoms with Crippen LogP contribution in [0, 0.1) is 5.92 Å². The molecule has 14 heavy (non-hydrogen) atoms. The molecule has 0 aliphatic rings. The van der Waals surface area contributed by atoms with E-state index >= 15 is 0 Å². The second kappa shape index (κ2) is 8.28. The lowest BCUT2D eigenvalue weighted by molar-refractivity contribution is 0.228. The fourth-order valence-corrected chi connectivity index (χ4v) is 1.83. The number of hydrogen-bond donors (Lipinski definition) is 0. The lowest BCUT2D eigenvalue weighted by atomic mass is 10.1. The summed E-state index contributed by atoms with van der Waals surface area (Å²) in [6, 6.07) is 0.713. The highest BCUT2D eigenvalue weighted by Crippen LogP contribution is 2.09. The minimum Gasteiger partial charge on any atom is -0.301 e. The Labute approximate surface area is 90.9 Å². The summed E-state index contributed by atoms with van der Waals surface area (Å²) in [5.74, 6) is 0.877. The van der Waals surface area contributed by atoms with E-state index in [9.17, 15) is 0 Å². The molecule has 1 heteroatoms. The molecule has 0 amide bonds. The highest BCUT2D eigenvalue weighted by molar-refractivity contribution is 4.60. The van der Waals surface area contributed by atoms with Crippen LogP contribution in [0.4, 0.5) is 0 Å². The van der Waals surface area contributed by atoms with Gasteiger partial charge >= 0.3 is 0 Å². The van der Waals surface area contributed by atoms with Crippen molar-refractivity contribution in [2.45, 2.75) is 66.3 Å². The fourth-order valence-electron chi connectivity index (χ4n) is 1.83. The van der Waals surface area contributed by atoms with Gasteiger partial charge in [-0.3, -0.25) is 0 Å². The predicted molar refractivity (Wildman–Crippen MR) is 65.7 cm³/mol. The maximum Gasteiger partial charge on any atom is 0.00384 e. The zero-order valence-corrected chi connectivity index (χ0v) is 10.8. The van der Waals surface area contributed by atoms with Crippen LogP contribution in [0.3, 0.4) is 0 Å². The molecule has 0 aromatic heterocycles. The van der Waals surface area contributed by atoms with Gasteiger partial charge in [0.15, 0.2) is 0 Å². The van der Waals surface area contributed by atoms with Crippen molar-refractivity contribution in [3.63, 3.8) is 0 Å². The minimum absolute atomic E-state index is 0.713. The lowest BCUT2D eigenvalue weighted by Gasteiger charge is -2.24. The highest BCUT2D eigenvalue weighted by atomic mass is 15.1. The Bertz CT molecular complexity index is 118. The Balaban J connectivity index is 3.33. The summed E-state index contributed by atoms with van der Waals surface area (Å²) in [5, 5.41) is 0. The van der Waals surface area contributed by atoms with Crippen molar-refractivity contribution in [1.82, 2.24) is 4.90 Å². The van der Waals surface area contributed by atoms with Gasteiger partial charge in [0, 0.05) is 6.04 Å². The molecular formula is C13H29N. The molecule has 0 radical (unpaired) electrons. The molecule has 0 unspecified atom stereocenters. The van der Waals surface area contributed by atoms with E-state index in [4.69, 9.17) is 0 Å². The van der Waals surface area contributed by atoms with Crippen molar-refractivity contribution < 1.29 is 0 Å². The average molecular weight is 199 g/mol. The minimum atomic E-state index is 0.713. The summed E-state index contributed by atoms with van der Waals surface area (Å²) >= 11 is 0. The summed E-state index contributed by atoms with van der Waals surface area (Å²) in [4.78, 5) is 2.55.